The molecule has 3 atom stereocenters. The largest absolute Gasteiger partial charge is 0.466 e. The van der Waals surface area contributed by atoms with Crippen molar-refractivity contribution in [2.24, 2.45) is 0 Å². The minimum atomic E-state index is -0.681. The molecule has 0 amide bonds. The van der Waals surface area contributed by atoms with Crippen molar-refractivity contribution in [3.63, 3.8) is 0 Å². The molecule has 5 heteroatoms. The van der Waals surface area contributed by atoms with E-state index in [1.54, 1.807) is 6.92 Å². The molecule has 1 N–H and O–H groups in total. The number of benzene rings is 1. The Morgan fingerprint density at radius 3 is 2.62 bits per heavy atom. The van der Waals surface area contributed by atoms with E-state index >= 15 is 0 Å². The average molecular weight is 409 g/mol. The maximum atomic E-state index is 11.4. The van der Waals surface area contributed by atoms with Crippen LogP contribution < -0.4 is 0 Å². The molecule has 1 fully saturated rings. The van der Waals surface area contributed by atoms with Crippen LogP contribution in [0.2, 0.25) is 0 Å². The third kappa shape index (κ3) is 12.0. The topological polar surface area (TPSA) is 65.0 Å². The van der Waals surface area contributed by atoms with E-state index in [-0.39, 0.29) is 24.6 Å². The van der Waals surface area contributed by atoms with Crippen molar-refractivity contribution in [1.29, 1.82) is 0 Å². The van der Waals surface area contributed by atoms with Crippen LogP contribution in [0.4, 0.5) is 0 Å². The first-order chi connectivity index (χ1) is 14.2. The Bertz CT molecular complexity index is 519. The molecule has 0 saturated carbocycles. The van der Waals surface area contributed by atoms with Crippen LogP contribution in [0, 0.1) is 0 Å². The Morgan fingerprint density at radius 1 is 1.17 bits per heavy atom. The van der Waals surface area contributed by atoms with Crippen LogP contribution in [0.1, 0.15) is 77.7 Å². The molecular weight excluding hydrogens is 368 g/mol. The quantitative estimate of drug-likeness (QED) is 0.388. The van der Waals surface area contributed by atoms with E-state index in [4.69, 9.17) is 14.2 Å². The summed E-state index contributed by atoms with van der Waals surface area (Å²) in [7, 11) is 0. The van der Waals surface area contributed by atoms with Crippen molar-refractivity contribution < 1.29 is 24.1 Å². The first-order valence-corrected chi connectivity index (χ1v) is 11.3. The molecular formula is C24H40O5. The van der Waals surface area contributed by atoms with Crippen LogP contribution in [0.5, 0.6) is 0 Å². The van der Waals surface area contributed by atoms with Crippen molar-refractivity contribution in [3.8, 4) is 0 Å². The minimum Gasteiger partial charge on any atom is -0.466 e. The van der Waals surface area contributed by atoms with Crippen LogP contribution in [-0.2, 0) is 25.6 Å². The zero-order valence-electron chi connectivity index (χ0n) is 18.5. The lowest BCUT2D eigenvalue weighted by atomic mass is 9.96. The molecule has 29 heavy (non-hydrogen) atoms. The van der Waals surface area contributed by atoms with E-state index in [0.29, 0.717) is 19.6 Å². The molecule has 1 aliphatic heterocycles. The van der Waals surface area contributed by atoms with Gasteiger partial charge in [-0.05, 0) is 51.0 Å². The Kier molecular flexibility index (Phi) is 14.5. The molecule has 1 saturated heterocycles. The highest BCUT2D eigenvalue weighted by Crippen LogP contribution is 2.26. The second kappa shape index (κ2) is 16.4. The van der Waals surface area contributed by atoms with Gasteiger partial charge in [0.1, 0.15) is 0 Å². The van der Waals surface area contributed by atoms with Gasteiger partial charge in [0.15, 0.2) is 0 Å². The third-order valence-electron chi connectivity index (χ3n) is 4.86. The summed E-state index contributed by atoms with van der Waals surface area (Å²) >= 11 is 0. The van der Waals surface area contributed by atoms with Gasteiger partial charge in [-0.15, -0.1) is 0 Å². The molecule has 1 aliphatic rings. The van der Waals surface area contributed by atoms with Gasteiger partial charge in [0.2, 0.25) is 0 Å². The van der Waals surface area contributed by atoms with Gasteiger partial charge in [-0.3, -0.25) is 4.79 Å². The van der Waals surface area contributed by atoms with E-state index in [9.17, 15) is 9.90 Å². The van der Waals surface area contributed by atoms with Crippen LogP contribution in [0.3, 0.4) is 0 Å². The molecule has 0 aromatic heterocycles. The molecule has 166 valence electrons. The average Bonchev–Trinajstić information content (AvgIpc) is 2.73. The zero-order valence-corrected chi connectivity index (χ0v) is 18.5. The summed E-state index contributed by atoms with van der Waals surface area (Å²) in [6.07, 6.45) is 6.47. The predicted molar refractivity (Wildman–Crippen MR) is 116 cm³/mol. The Hall–Kier alpha value is -1.43. The normalized spacial score (nSPS) is 19.7. The molecule has 1 aromatic carbocycles. The fraction of sp³-hybridized carbons (Fsp3) is 0.708. The number of ether oxygens (including phenoxy) is 3. The monoisotopic (exact) mass is 408 g/mol. The molecule has 0 unspecified atom stereocenters. The SMILES string of the molecule is CC.CCOC(=O)C[C@H](O)C[C@H]1CCC[C@@H](CCCCOCc2ccccc2)O1. The fourth-order valence-electron chi connectivity index (χ4n) is 3.51. The maximum Gasteiger partial charge on any atom is 0.308 e. The zero-order chi connectivity index (χ0) is 21.3. The molecule has 0 radical (unpaired) electrons. The molecule has 0 spiro atoms. The van der Waals surface area contributed by atoms with Gasteiger partial charge in [0.05, 0.1) is 37.9 Å². The van der Waals surface area contributed by atoms with E-state index in [1.807, 2.05) is 32.0 Å². The summed E-state index contributed by atoms with van der Waals surface area (Å²) in [5.74, 6) is -0.340. The van der Waals surface area contributed by atoms with Gasteiger partial charge in [-0.2, -0.15) is 0 Å². The smallest absolute Gasteiger partial charge is 0.308 e. The van der Waals surface area contributed by atoms with Gasteiger partial charge in [0.25, 0.3) is 0 Å². The predicted octanol–water partition coefficient (Wildman–Crippen LogP) is 5.04. The number of carbonyl (C=O) groups excluding carboxylic acids is 1. The van der Waals surface area contributed by atoms with E-state index in [1.165, 1.54) is 5.56 Å². The highest BCUT2D eigenvalue weighted by Gasteiger charge is 2.25. The molecule has 5 nitrogen and oxygen atoms in total. The Labute approximate surface area is 176 Å². The first kappa shape index (κ1) is 25.6. The number of hydrogen-bond donors (Lipinski definition) is 1. The second-order valence-corrected chi connectivity index (χ2v) is 7.24. The lowest BCUT2D eigenvalue weighted by Crippen LogP contribution is -2.31. The summed E-state index contributed by atoms with van der Waals surface area (Å²) in [6.45, 7) is 7.55. The van der Waals surface area contributed by atoms with Crippen molar-refractivity contribution in [3.05, 3.63) is 35.9 Å². The maximum absolute atomic E-state index is 11.4. The highest BCUT2D eigenvalue weighted by atomic mass is 16.5. The standard InChI is InChI=1S/C22H34O5.C2H6/c1-2-26-22(24)16-19(23)15-21-13-8-12-20(27-21)11-6-7-14-25-17-18-9-4-3-5-10-18;1-2/h3-5,9-10,19-21,23H,2,6-8,11-17H2,1H3;1-2H3/t19-,20-,21-;/m1./s1. The molecule has 1 aromatic rings. The van der Waals surface area contributed by atoms with Gasteiger partial charge < -0.3 is 19.3 Å². The van der Waals surface area contributed by atoms with E-state index < -0.39 is 6.10 Å². The minimum absolute atomic E-state index is 0.0440. The summed E-state index contributed by atoms with van der Waals surface area (Å²) in [5, 5.41) is 10.1. The van der Waals surface area contributed by atoms with Crippen molar-refractivity contribution in [2.45, 2.75) is 97.1 Å². The lowest BCUT2D eigenvalue weighted by Gasteiger charge is -2.31. The number of aliphatic hydroxyl groups excluding tert-OH is 1. The summed E-state index contributed by atoms with van der Waals surface area (Å²) in [6, 6.07) is 10.2. The number of unbranched alkanes of at least 4 members (excludes halogenated alkanes) is 1. The summed E-state index contributed by atoms with van der Waals surface area (Å²) < 4.78 is 16.7. The van der Waals surface area contributed by atoms with E-state index in [0.717, 1.165) is 45.1 Å². The van der Waals surface area contributed by atoms with Gasteiger partial charge in [0, 0.05) is 13.0 Å². The first-order valence-electron chi connectivity index (χ1n) is 11.3. The van der Waals surface area contributed by atoms with Crippen LogP contribution in [0.15, 0.2) is 30.3 Å². The van der Waals surface area contributed by atoms with Crippen LogP contribution in [0.25, 0.3) is 0 Å². The van der Waals surface area contributed by atoms with Crippen molar-refractivity contribution >= 4 is 5.97 Å². The summed E-state index contributed by atoms with van der Waals surface area (Å²) in [5.41, 5.74) is 1.21. The fourth-order valence-corrected chi connectivity index (χ4v) is 3.51. The molecule has 0 aliphatic carbocycles. The third-order valence-corrected chi connectivity index (χ3v) is 4.86. The molecule has 0 bridgehead atoms. The lowest BCUT2D eigenvalue weighted by molar-refractivity contribution is -0.146. The second-order valence-electron chi connectivity index (χ2n) is 7.24. The molecule has 1 heterocycles. The number of carbonyl (C=O) groups is 1. The number of aliphatic hydroxyl groups is 1. The Morgan fingerprint density at radius 2 is 1.90 bits per heavy atom. The van der Waals surface area contributed by atoms with Crippen LogP contribution in [-0.4, -0.2) is 42.6 Å². The molecule has 2 rings (SSSR count). The van der Waals surface area contributed by atoms with Gasteiger partial charge >= 0.3 is 5.97 Å². The number of esters is 1. The van der Waals surface area contributed by atoms with Crippen molar-refractivity contribution in [2.75, 3.05) is 13.2 Å². The Balaban J connectivity index is 0.00000204. The van der Waals surface area contributed by atoms with E-state index in [2.05, 4.69) is 12.1 Å². The number of rotatable bonds is 12. The highest BCUT2D eigenvalue weighted by molar-refractivity contribution is 5.69. The van der Waals surface area contributed by atoms with Gasteiger partial charge in [-0.1, -0.05) is 44.2 Å². The van der Waals surface area contributed by atoms with Crippen LogP contribution >= 0.6 is 0 Å². The number of hydrogen-bond acceptors (Lipinski definition) is 5. The van der Waals surface area contributed by atoms with Gasteiger partial charge in [-0.25, -0.2) is 0 Å². The van der Waals surface area contributed by atoms with Crippen molar-refractivity contribution in [1.82, 2.24) is 0 Å². The summed E-state index contributed by atoms with van der Waals surface area (Å²) in [4.78, 5) is 11.4.